The average Bonchev–Trinajstić information content (AvgIpc) is 3.63. The molecule has 2 saturated heterocycles. The van der Waals surface area contributed by atoms with Gasteiger partial charge < -0.3 is 24.3 Å². The first kappa shape index (κ1) is 26.9. The van der Waals surface area contributed by atoms with Gasteiger partial charge in [-0.1, -0.05) is 11.3 Å². The molecule has 2 amide bonds. The molecule has 0 N–H and O–H groups in total. The van der Waals surface area contributed by atoms with E-state index in [9.17, 15) is 14.4 Å². The van der Waals surface area contributed by atoms with E-state index in [4.69, 9.17) is 14.8 Å². The van der Waals surface area contributed by atoms with Crippen molar-refractivity contribution in [2.24, 2.45) is 0 Å². The van der Waals surface area contributed by atoms with E-state index in [1.807, 2.05) is 39.5 Å². The Morgan fingerprint density at radius 2 is 1.83 bits per heavy atom. The zero-order valence-electron chi connectivity index (χ0n) is 23.0. The Bertz CT molecular complexity index is 1600. The van der Waals surface area contributed by atoms with E-state index in [0.717, 1.165) is 16.9 Å². The van der Waals surface area contributed by atoms with Gasteiger partial charge in [0.15, 0.2) is 10.8 Å². The number of anilines is 3. The topological polar surface area (TPSA) is 107 Å². The first-order valence-corrected chi connectivity index (χ1v) is 14.4. The summed E-state index contributed by atoms with van der Waals surface area (Å²) >= 11 is 1.28. The Labute approximate surface area is 241 Å². The average molecular weight is 576 g/mol. The van der Waals surface area contributed by atoms with Crippen LogP contribution in [-0.2, 0) is 11.3 Å². The molecular weight excluding hydrogens is 545 g/mol. The van der Waals surface area contributed by atoms with E-state index < -0.39 is 0 Å². The van der Waals surface area contributed by atoms with Gasteiger partial charge in [-0.05, 0) is 37.3 Å². The molecule has 6 rings (SSSR count). The summed E-state index contributed by atoms with van der Waals surface area (Å²) in [5.41, 5.74) is 2.79. The lowest BCUT2D eigenvalue weighted by atomic mass is 10.1. The Morgan fingerprint density at radius 3 is 2.51 bits per heavy atom. The lowest BCUT2D eigenvalue weighted by Gasteiger charge is -2.39. The van der Waals surface area contributed by atoms with Gasteiger partial charge in [0.2, 0.25) is 0 Å². The predicted octanol–water partition coefficient (Wildman–Crippen LogP) is 3.93. The van der Waals surface area contributed by atoms with Crippen LogP contribution in [0.25, 0.3) is 22.3 Å². The number of morpholine rings is 1. The van der Waals surface area contributed by atoms with Crippen LogP contribution in [0.1, 0.15) is 11.8 Å². The van der Waals surface area contributed by atoms with Crippen LogP contribution in [0.5, 0.6) is 0 Å². The standard InChI is InChI=1S/C28H30FN9O2S/c1-3-38-26(34(2)27-32-24(23(17-30)41-27)19-4-6-20(29)7-5-19)22-16-21(18-31-25(22)33-38)35-8-10-36(11-9-35)28(39)37-12-14-40-15-13-37/h4-7,16,18H,3,8-15H2,1-2H3. The number of ether oxygens (including phenoxy) is 1. The Hall–Kier alpha value is -4.28. The number of benzene rings is 1. The van der Waals surface area contributed by atoms with Crippen LogP contribution in [0.15, 0.2) is 36.5 Å². The van der Waals surface area contributed by atoms with Crippen molar-refractivity contribution < 1.29 is 13.9 Å². The number of fused-ring (bicyclic) bond motifs is 1. The van der Waals surface area contributed by atoms with Gasteiger partial charge in [-0.15, -0.1) is 0 Å². The molecule has 4 aromatic rings. The van der Waals surface area contributed by atoms with Crippen LogP contribution in [0.3, 0.4) is 0 Å². The van der Waals surface area contributed by atoms with Crippen molar-refractivity contribution in [2.45, 2.75) is 13.5 Å². The SMILES string of the molecule is CCn1nc2ncc(N3CCN(C(=O)N4CCOCC4)CC3)cc2c1N(C)c1nc(-c2ccc(F)cc2)c(C#N)s1. The normalized spacial score (nSPS) is 15.8. The maximum absolute atomic E-state index is 13.5. The minimum atomic E-state index is -0.341. The molecule has 0 bridgehead atoms. The summed E-state index contributed by atoms with van der Waals surface area (Å²) in [6.45, 7) is 7.77. The van der Waals surface area contributed by atoms with Crippen molar-refractivity contribution in [3.8, 4) is 17.3 Å². The van der Waals surface area contributed by atoms with E-state index in [2.05, 4.69) is 22.0 Å². The number of halogens is 1. The molecule has 212 valence electrons. The minimum absolute atomic E-state index is 0.0786. The van der Waals surface area contributed by atoms with Gasteiger partial charge in [0, 0.05) is 58.4 Å². The van der Waals surface area contributed by atoms with E-state index in [0.29, 0.717) is 85.9 Å². The number of nitrogens with zero attached hydrogens (tertiary/aromatic N) is 9. The first-order chi connectivity index (χ1) is 20.0. The van der Waals surface area contributed by atoms with Crippen LogP contribution >= 0.6 is 11.3 Å². The fraction of sp³-hybridized carbons (Fsp3) is 0.393. The number of amides is 2. The number of pyridine rings is 1. The number of aromatic nitrogens is 4. The van der Waals surface area contributed by atoms with Gasteiger partial charge in [-0.25, -0.2) is 23.8 Å². The summed E-state index contributed by atoms with van der Waals surface area (Å²) in [5, 5.41) is 16.0. The number of hydrogen-bond donors (Lipinski definition) is 0. The van der Waals surface area contributed by atoms with Crippen LogP contribution < -0.4 is 9.80 Å². The molecule has 11 nitrogen and oxygen atoms in total. The highest BCUT2D eigenvalue weighted by molar-refractivity contribution is 7.16. The Morgan fingerprint density at radius 1 is 1.12 bits per heavy atom. The third kappa shape index (κ3) is 5.16. The van der Waals surface area contributed by atoms with Crippen molar-refractivity contribution in [2.75, 3.05) is 69.3 Å². The van der Waals surface area contributed by atoms with Crippen LogP contribution in [-0.4, -0.2) is 95.1 Å². The van der Waals surface area contributed by atoms with E-state index >= 15 is 0 Å². The number of nitriles is 1. The number of carbonyl (C=O) groups excluding carboxylic acids is 1. The van der Waals surface area contributed by atoms with Crippen molar-refractivity contribution in [3.63, 3.8) is 0 Å². The summed E-state index contributed by atoms with van der Waals surface area (Å²) in [6.07, 6.45) is 1.84. The number of urea groups is 1. The number of thiazole rings is 1. The minimum Gasteiger partial charge on any atom is -0.378 e. The van der Waals surface area contributed by atoms with Gasteiger partial charge >= 0.3 is 6.03 Å². The molecule has 3 aromatic heterocycles. The summed E-state index contributed by atoms with van der Waals surface area (Å²) in [4.78, 5) is 30.8. The molecule has 0 saturated carbocycles. The molecule has 0 radical (unpaired) electrons. The quantitative estimate of drug-likeness (QED) is 0.353. The van der Waals surface area contributed by atoms with Crippen LogP contribution in [0.2, 0.25) is 0 Å². The molecule has 2 aliphatic rings. The van der Waals surface area contributed by atoms with Gasteiger partial charge in [-0.2, -0.15) is 10.4 Å². The summed E-state index contributed by atoms with van der Waals surface area (Å²) in [7, 11) is 1.90. The maximum Gasteiger partial charge on any atom is 0.320 e. The van der Waals surface area contributed by atoms with Crippen LogP contribution in [0.4, 0.5) is 25.8 Å². The van der Waals surface area contributed by atoms with E-state index in [-0.39, 0.29) is 11.8 Å². The second-order valence-corrected chi connectivity index (χ2v) is 10.9. The molecule has 5 heterocycles. The Kier molecular flexibility index (Phi) is 7.42. The lowest BCUT2D eigenvalue weighted by Crippen LogP contribution is -2.54. The van der Waals surface area contributed by atoms with Crippen LogP contribution in [0, 0.1) is 17.1 Å². The van der Waals surface area contributed by atoms with Crippen molar-refractivity contribution in [1.82, 2.24) is 29.5 Å². The number of piperazine rings is 1. The van der Waals surface area contributed by atoms with Gasteiger partial charge in [0.1, 0.15) is 28.3 Å². The molecule has 2 fully saturated rings. The largest absolute Gasteiger partial charge is 0.378 e. The van der Waals surface area contributed by atoms with Crippen molar-refractivity contribution in [1.29, 1.82) is 5.26 Å². The third-order valence-electron chi connectivity index (χ3n) is 7.49. The molecule has 0 spiro atoms. The number of carbonyl (C=O) groups is 1. The van der Waals surface area contributed by atoms with Gasteiger partial charge in [0.25, 0.3) is 0 Å². The number of aryl methyl sites for hydroxylation is 1. The molecule has 0 aliphatic carbocycles. The maximum atomic E-state index is 13.5. The molecule has 2 aliphatic heterocycles. The third-order valence-corrected chi connectivity index (χ3v) is 8.53. The summed E-state index contributed by atoms with van der Waals surface area (Å²) in [6, 6.07) is 10.4. The molecule has 1 aromatic carbocycles. The fourth-order valence-corrected chi connectivity index (χ4v) is 6.12. The molecule has 0 atom stereocenters. The molecule has 41 heavy (non-hydrogen) atoms. The summed E-state index contributed by atoms with van der Waals surface area (Å²) < 4.78 is 20.8. The smallest absolute Gasteiger partial charge is 0.320 e. The van der Waals surface area contributed by atoms with Gasteiger partial charge in [-0.3, -0.25) is 0 Å². The second-order valence-electron chi connectivity index (χ2n) is 9.91. The highest BCUT2D eigenvalue weighted by atomic mass is 32.1. The molecule has 13 heteroatoms. The number of rotatable bonds is 5. The predicted molar refractivity (Wildman–Crippen MR) is 155 cm³/mol. The van der Waals surface area contributed by atoms with Crippen molar-refractivity contribution >= 4 is 45.0 Å². The summed E-state index contributed by atoms with van der Waals surface area (Å²) in [5.74, 6) is 0.480. The van der Waals surface area contributed by atoms with Gasteiger partial charge in [0.05, 0.1) is 30.5 Å². The second kappa shape index (κ2) is 11.3. The Balaban J connectivity index is 1.26. The highest BCUT2D eigenvalue weighted by Crippen LogP contribution is 2.38. The zero-order chi connectivity index (χ0) is 28.5. The molecular formula is C28H30FN9O2S. The number of hydrogen-bond acceptors (Lipinski definition) is 9. The first-order valence-electron chi connectivity index (χ1n) is 13.6. The fourth-order valence-electron chi connectivity index (χ4n) is 5.27. The molecule has 0 unspecified atom stereocenters. The zero-order valence-corrected chi connectivity index (χ0v) is 23.8. The van der Waals surface area contributed by atoms with E-state index in [1.165, 1.54) is 23.5 Å². The lowest BCUT2D eigenvalue weighted by molar-refractivity contribution is 0.0428. The van der Waals surface area contributed by atoms with E-state index in [1.54, 1.807) is 12.1 Å². The highest BCUT2D eigenvalue weighted by Gasteiger charge is 2.28. The monoisotopic (exact) mass is 575 g/mol. The van der Waals surface area contributed by atoms with Crippen molar-refractivity contribution in [3.05, 3.63) is 47.2 Å².